The van der Waals surface area contributed by atoms with E-state index in [1.807, 2.05) is 40.9 Å². The van der Waals surface area contributed by atoms with Gasteiger partial charge in [-0.25, -0.2) is 0 Å². The zero-order valence-electron chi connectivity index (χ0n) is 13.2. The molecule has 0 saturated carbocycles. The van der Waals surface area contributed by atoms with Crippen LogP contribution in [0.1, 0.15) is 31.3 Å². The number of ether oxygens (including phenoxy) is 1. The lowest BCUT2D eigenvalue weighted by Crippen LogP contribution is -2.51. The lowest BCUT2D eigenvalue weighted by molar-refractivity contribution is -0.144. The molecule has 1 aliphatic heterocycles. The van der Waals surface area contributed by atoms with E-state index < -0.39 is 6.10 Å². The number of hydrogen-bond donors (Lipinski definition) is 1. The molecule has 1 N–H and O–H groups in total. The number of nitrogens with zero attached hydrogens (tertiary/aromatic N) is 2. The number of amides is 1. The first kappa shape index (κ1) is 15.8. The molecular formula is C17H22N2O4. The summed E-state index contributed by atoms with van der Waals surface area (Å²) in [7, 11) is 0. The molecule has 3 rings (SSSR count). The summed E-state index contributed by atoms with van der Waals surface area (Å²) in [5, 5.41) is 10.3. The van der Waals surface area contributed by atoms with Gasteiger partial charge in [-0.15, -0.1) is 0 Å². The highest BCUT2D eigenvalue weighted by molar-refractivity contribution is 5.80. The second kappa shape index (κ2) is 7.02. The smallest absolute Gasteiger partial charge is 0.245 e. The molecule has 3 atom stereocenters. The lowest BCUT2D eigenvalue weighted by atomic mass is 10.0. The monoisotopic (exact) mass is 318 g/mol. The van der Waals surface area contributed by atoms with Crippen molar-refractivity contribution in [1.29, 1.82) is 0 Å². The topological polar surface area (TPSA) is 67.8 Å². The molecule has 1 saturated heterocycles. The van der Waals surface area contributed by atoms with Crippen LogP contribution < -0.4 is 0 Å². The molecule has 1 amide bonds. The van der Waals surface area contributed by atoms with Crippen LogP contribution in [-0.2, 0) is 9.53 Å². The molecule has 0 aromatic carbocycles. The van der Waals surface area contributed by atoms with Crippen LogP contribution >= 0.6 is 0 Å². The van der Waals surface area contributed by atoms with Gasteiger partial charge in [0.15, 0.2) is 0 Å². The largest absolute Gasteiger partial charge is 0.467 e. The van der Waals surface area contributed by atoms with Gasteiger partial charge in [0, 0.05) is 25.4 Å². The molecule has 2 aromatic heterocycles. The molecule has 3 heterocycles. The zero-order chi connectivity index (χ0) is 16.2. The van der Waals surface area contributed by atoms with Gasteiger partial charge >= 0.3 is 0 Å². The van der Waals surface area contributed by atoms with Gasteiger partial charge in [0.1, 0.15) is 17.9 Å². The summed E-state index contributed by atoms with van der Waals surface area (Å²) in [6.45, 7) is 3.39. The first-order chi connectivity index (χ1) is 11.2. The minimum Gasteiger partial charge on any atom is -0.467 e. The van der Waals surface area contributed by atoms with Crippen molar-refractivity contribution in [3.05, 3.63) is 48.7 Å². The molecule has 0 radical (unpaired) electrons. The molecule has 0 bridgehead atoms. The Labute approximate surface area is 135 Å². The van der Waals surface area contributed by atoms with Crippen molar-refractivity contribution in [1.82, 2.24) is 9.47 Å². The van der Waals surface area contributed by atoms with Crippen molar-refractivity contribution >= 4 is 5.91 Å². The maximum atomic E-state index is 12.8. The van der Waals surface area contributed by atoms with Crippen LogP contribution in [0.2, 0.25) is 0 Å². The van der Waals surface area contributed by atoms with Crippen molar-refractivity contribution in [3.8, 4) is 0 Å². The maximum absolute atomic E-state index is 12.8. The normalized spacial score (nSPS) is 21.1. The summed E-state index contributed by atoms with van der Waals surface area (Å²) in [6.07, 6.45) is 4.96. The fourth-order valence-corrected chi connectivity index (χ4v) is 2.97. The van der Waals surface area contributed by atoms with Crippen molar-refractivity contribution in [2.45, 2.75) is 31.5 Å². The number of aliphatic hydroxyl groups excluding tert-OH is 1. The minimum absolute atomic E-state index is 0.0427. The van der Waals surface area contributed by atoms with Crippen LogP contribution in [0.25, 0.3) is 0 Å². The van der Waals surface area contributed by atoms with Crippen molar-refractivity contribution in [2.24, 2.45) is 0 Å². The third-order valence-electron chi connectivity index (χ3n) is 4.31. The standard InChI is InChI=1S/C17H22N2O4/c1-13(18-6-2-3-7-18)17(21)19-8-10-22-12-14(19)11-15(20)16-5-4-9-23-16/h2-7,9,13-15,20H,8,10-12H2,1H3. The van der Waals surface area contributed by atoms with Crippen LogP contribution in [-0.4, -0.2) is 46.3 Å². The SMILES string of the molecule is CC(C(=O)N1CCOCC1CC(O)c1ccco1)n1cccc1. The molecule has 6 heteroatoms. The van der Waals surface area contributed by atoms with Crippen LogP contribution in [0.15, 0.2) is 47.3 Å². The van der Waals surface area contributed by atoms with E-state index >= 15 is 0 Å². The van der Waals surface area contributed by atoms with Gasteiger partial charge < -0.3 is 23.7 Å². The second-order valence-corrected chi connectivity index (χ2v) is 5.83. The van der Waals surface area contributed by atoms with Gasteiger partial charge in [0.25, 0.3) is 0 Å². The summed E-state index contributed by atoms with van der Waals surface area (Å²) in [5.41, 5.74) is 0. The molecule has 6 nitrogen and oxygen atoms in total. The number of carbonyl (C=O) groups is 1. The van der Waals surface area contributed by atoms with Crippen LogP contribution in [0.5, 0.6) is 0 Å². The second-order valence-electron chi connectivity index (χ2n) is 5.83. The summed E-state index contributed by atoms with van der Waals surface area (Å²) in [6, 6.07) is 6.86. The Balaban J connectivity index is 1.69. The Morgan fingerprint density at radius 1 is 1.39 bits per heavy atom. The zero-order valence-corrected chi connectivity index (χ0v) is 13.2. The van der Waals surface area contributed by atoms with Gasteiger partial charge in [0.05, 0.1) is 25.5 Å². The van der Waals surface area contributed by atoms with E-state index in [0.29, 0.717) is 31.9 Å². The highest BCUT2D eigenvalue weighted by Gasteiger charge is 2.32. The Hall–Kier alpha value is -2.05. The number of rotatable bonds is 5. The van der Waals surface area contributed by atoms with E-state index in [0.717, 1.165) is 0 Å². The lowest BCUT2D eigenvalue weighted by Gasteiger charge is -2.38. The quantitative estimate of drug-likeness (QED) is 0.915. The van der Waals surface area contributed by atoms with Gasteiger partial charge in [0.2, 0.25) is 5.91 Å². The molecule has 0 spiro atoms. The van der Waals surface area contributed by atoms with Crippen LogP contribution in [0.3, 0.4) is 0 Å². The number of morpholine rings is 1. The summed E-state index contributed by atoms with van der Waals surface area (Å²) in [4.78, 5) is 14.6. The van der Waals surface area contributed by atoms with E-state index in [1.165, 1.54) is 6.26 Å². The number of aliphatic hydroxyl groups is 1. The predicted octanol–water partition coefficient (Wildman–Crippen LogP) is 1.99. The Bertz CT molecular complexity index is 609. The van der Waals surface area contributed by atoms with Crippen molar-refractivity contribution < 1.29 is 19.1 Å². The molecule has 23 heavy (non-hydrogen) atoms. The van der Waals surface area contributed by atoms with Gasteiger partial charge in [-0.05, 0) is 31.2 Å². The van der Waals surface area contributed by atoms with E-state index in [1.54, 1.807) is 12.1 Å². The van der Waals surface area contributed by atoms with Crippen molar-refractivity contribution in [2.75, 3.05) is 19.8 Å². The molecular weight excluding hydrogens is 296 g/mol. The predicted molar refractivity (Wildman–Crippen MR) is 83.7 cm³/mol. The molecule has 1 fully saturated rings. The molecule has 3 unspecified atom stereocenters. The van der Waals surface area contributed by atoms with Gasteiger partial charge in [-0.1, -0.05) is 0 Å². The van der Waals surface area contributed by atoms with Crippen LogP contribution in [0.4, 0.5) is 0 Å². The summed E-state index contributed by atoms with van der Waals surface area (Å²) in [5.74, 6) is 0.558. The number of hydrogen-bond acceptors (Lipinski definition) is 4. The Kier molecular flexibility index (Phi) is 4.83. The third-order valence-corrected chi connectivity index (χ3v) is 4.31. The summed E-state index contributed by atoms with van der Waals surface area (Å²) >= 11 is 0. The molecule has 1 aliphatic rings. The highest BCUT2D eigenvalue weighted by Crippen LogP contribution is 2.24. The number of aromatic nitrogens is 1. The maximum Gasteiger partial charge on any atom is 0.245 e. The fourth-order valence-electron chi connectivity index (χ4n) is 2.97. The first-order valence-electron chi connectivity index (χ1n) is 7.89. The molecule has 124 valence electrons. The molecule has 2 aromatic rings. The average Bonchev–Trinajstić information content (AvgIpc) is 3.27. The minimum atomic E-state index is -0.742. The third kappa shape index (κ3) is 3.48. The van der Waals surface area contributed by atoms with E-state index in [2.05, 4.69) is 0 Å². The summed E-state index contributed by atoms with van der Waals surface area (Å²) < 4.78 is 12.6. The van der Waals surface area contributed by atoms with Crippen molar-refractivity contribution in [3.63, 3.8) is 0 Å². The van der Waals surface area contributed by atoms with E-state index in [9.17, 15) is 9.90 Å². The average molecular weight is 318 g/mol. The van der Waals surface area contributed by atoms with Crippen LogP contribution in [0, 0.1) is 0 Å². The van der Waals surface area contributed by atoms with Gasteiger partial charge in [-0.3, -0.25) is 4.79 Å². The fraction of sp³-hybridized carbons (Fsp3) is 0.471. The Morgan fingerprint density at radius 2 is 2.17 bits per heavy atom. The first-order valence-corrected chi connectivity index (χ1v) is 7.89. The molecule has 0 aliphatic carbocycles. The highest BCUT2D eigenvalue weighted by atomic mass is 16.5. The van der Waals surface area contributed by atoms with E-state index in [4.69, 9.17) is 9.15 Å². The Morgan fingerprint density at radius 3 is 2.87 bits per heavy atom. The van der Waals surface area contributed by atoms with E-state index in [-0.39, 0.29) is 18.0 Å². The number of furan rings is 1. The van der Waals surface area contributed by atoms with Gasteiger partial charge in [-0.2, -0.15) is 0 Å². The number of carbonyl (C=O) groups excluding carboxylic acids is 1.